The van der Waals surface area contributed by atoms with Gasteiger partial charge in [-0.3, -0.25) is 14.4 Å². The molecule has 1 saturated heterocycles. The van der Waals surface area contributed by atoms with Crippen molar-refractivity contribution in [3.63, 3.8) is 0 Å². The number of hydrogen-bond acceptors (Lipinski definition) is 4. The molecule has 1 heterocycles. The van der Waals surface area contributed by atoms with Gasteiger partial charge in [-0.05, 0) is 52.0 Å². The number of ketones is 2. The van der Waals surface area contributed by atoms with E-state index in [-0.39, 0.29) is 11.3 Å². The van der Waals surface area contributed by atoms with Gasteiger partial charge in [0, 0.05) is 5.56 Å². The molecule has 0 aromatic heterocycles. The number of esters is 1. The van der Waals surface area contributed by atoms with Gasteiger partial charge in [0.15, 0.2) is 11.9 Å². The Hall–Kier alpha value is -2.04. The van der Waals surface area contributed by atoms with Gasteiger partial charge < -0.3 is 4.74 Å². The highest BCUT2D eigenvalue weighted by Crippen LogP contribution is 2.41. The van der Waals surface area contributed by atoms with E-state index in [1.54, 1.807) is 13.8 Å². The molecule has 0 amide bonds. The lowest BCUT2D eigenvalue weighted by Crippen LogP contribution is -2.58. The van der Waals surface area contributed by atoms with Crippen molar-refractivity contribution >= 4 is 17.5 Å². The van der Waals surface area contributed by atoms with Gasteiger partial charge in [0.25, 0.3) is 0 Å². The Morgan fingerprint density at radius 2 is 1.62 bits per heavy atom. The van der Waals surface area contributed by atoms with Crippen LogP contribution >= 0.6 is 0 Å². The van der Waals surface area contributed by atoms with E-state index in [4.69, 9.17) is 4.74 Å². The molecule has 2 rings (SSSR count). The van der Waals surface area contributed by atoms with Gasteiger partial charge in [0.2, 0.25) is 5.78 Å². The summed E-state index contributed by atoms with van der Waals surface area (Å²) in [5.74, 6) is -2.03. The summed E-state index contributed by atoms with van der Waals surface area (Å²) in [4.78, 5) is 36.9. The van der Waals surface area contributed by atoms with Gasteiger partial charge in [-0.2, -0.15) is 0 Å². The minimum atomic E-state index is -1.27. The Balaban J connectivity index is 2.39. The lowest BCUT2D eigenvalue weighted by molar-refractivity contribution is -0.181. The topological polar surface area (TPSA) is 60.4 Å². The van der Waals surface area contributed by atoms with Crippen LogP contribution in [0.4, 0.5) is 4.39 Å². The van der Waals surface area contributed by atoms with Gasteiger partial charge in [-0.1, -0.05) is 0 Å². The fraction of sp³-hybridized carbons (Fsp3) is 0.438. The summed E-state index contributed by atoms with van der Waals surface area (Å²) < 4.78 is 18.2. The summed E-state index contributed by atoms with van der Waals surface area (Å²) >= 11 is 0. The van der Waals surface area contributed by atoms with Crippen molar-refractivity contribution in [2.45, 2.75) is 33.8 Å². The molecule has 1 aromatic carbocycles. The third-order valence-electron chi connectivity index (χ3n) is 3.91. The second-order valence-electron chi connectivity index (χ2n) is 6.33. The van der Waals surface area contributed by atoms with Crippen LogP contribution in [-0.2, 0) is 14.3 Å². The van der Waals surface area contributed by atoms with Crippen molar-refractivity contribution in [1.29, 1.82) is 0 Å². The zero-order valence-electron chi connectivity index (χ0n) is 12.4. The van der Waals surface area contributed by atoms with Crippen LogP contribution in [-0.4, -0.2) is 23.6 Å². The number of halogens is 1. The first-order chi connectivity index (χ1) is 9.58. The normalized spacial score (nSPS) is 23.6. The van der Waals surface area contributed by atoms with Crippen molar-refractivity contribution in [1.82, 2.24) is 0 Å². The first kappa shape index (κ1) is 15.4. The molecule has 0 unspecified atom stereocenters. The predicted octanol–water partition coefficient (Wildman–Crippen LogP) is 2.56. The van der Waals surface area contributed by atoms with Crippen LogP contribution in [0.1, 0.15) is 38.1 Å². The van der Waals surface area contributed by atoms with Gasteiger partial charge in [0.05, 0.1) is 5.41 Å². The maximum absolute atomic E-state index is 12.9. The van der Waals surface area contributed by atoms with Crippen LogP contribution in [0.5, 0.6) is 0 Å². The monoisotopic (exact) mass is 292 g/mol. The minimum Gasteiger partial charge on any atom is -0.452 e. The van der Waals surface area contributed by atoms with E-state index in [0.29, 0.717) is 0 Å². The number of ether oxygens (including phenoxy) is 1. The zero-order valence-corrected chi connectivity index (χ0v) is 12.4. The summed E-state index contributed by atoms with van der Waals surface area (Å²) in [5.41, 5.74) is -2.21. The number of hydrogen-bond donors (Lipinski definition) is 0. The van der Waals surface area contributed by atoms with E-state index in [1.807, 2.05) is 0 Å². The average Bonchev–Trinajstić information content (AvgIpc) is 2.42. The molecule has 1 atom stereocenters. The molecule has 1 aliphatic heterocycles. The predicted molar refractivity (Wildman–Crippen MR) is 73.2 cm³/mol. The van der Waals surface area contributed by atoms with Crippen LogP contribution in [0.15, 0.2) is 24.3 Å². The first-order valence-corrected chi connectivity index (χ1v) is 6.64. The number of Topliss-reactive ketones (excluding diaryl/α,β-unsaturated/α-hetero) is 2. The molecule has 0 bridgehead atoms. The molecule has 0 saturated carbocycles. The first-order valence-electron chi connectivity index (χ1n) is 6.64. The summed E-state index contributed by atoms with van der Waals surface area (Å²) in [6.45, 7) is 6.13. The number of benzene rings is 1. The Kier molecular flexibility index (Phi) is 3.48. The Bertz CT molecular complexity index is 614. The van der Waals surface area contributed by atoms with Gasteiger partial charge in [-0.25, -0.2) is 4.39 Å². The molecule has 0 radical (unpaired) electrons. The fourth-order valence-electron chi connectivity index (χ4n) is 2.57. The Morgan fingerprint density at radius 1 is 1.10 bits per heavy atom. The smallest absolute Gasteiger partial charge is 0.319 e. The molecule has 21 heavy (non-hydrogen) atoms. The minimum absolute atomic E-state index is 0.204. The quantitative estimate of drug-likeness (QED) is 0.477. The van der Waals surface area contributed by atoms with E-state index >= 15 is 0 Å². The maximum Gasteiger partial charge on any atom is 0.319 e. The standard InChI is InChI=1S/C16H17FO4/c1-15(2)12(21-14(20)16(3,4)13(15)19)11(18)9-5-7-10(17)8-6-9/h5-8,12H,1-4H3/t12-/m1/s1. The molecule has 1 aliphatic rings. The molecule has 0 N–H and O–H groups in total. The maximum atomic E-state index is 12.9. The van der Waals surface area contributed by atoms with Crippen LogP contribution in [0.25, 0.3) is 0 Å². The molecule has 1 aromatic rings. The highest BCUT2D eigenvalue weighted by molar-refractivity contribution is 6.13. The second kappa shape index (κ2) is 4.76. The molecule has 112 valence electrons. The largest absolute Gasteiger partial charge is 0.452 e. The number of carbonyl (C=O) groups excluding carboxylic acids is 3. The Labute approximate surface area is 122 Å². The van der Waals surface area contributed by atoms with Gasteiger partial charge in [-0.15, -0.1) is 0 Å². The van der Waals surface area contributed by atoms with E-state index < -0.39 is 34.5 Å². The van der Waals surface area contributed by atoms with Crippen molar-refractivity contribution in [2.24, 2.45) is 10.8 Å². The van der Waals surface area contributed by atoms with E-state index in [0.717, 1.165) is 12.1 Å². The molecule has 0 aliphatic carbocycles. The highest BCUT2D eigenvalue weighted by Gasteiger charge is 2.57. The average molecular weight is 292 g/mol. The third-order valence-corrected chi connectivity index (χ3v) is 3.91. The third kappa shape index (κ3) is 2.37. The highest BCUT2D eigenvalue weighted by atomic mass is 19.1. The molecule has 0 spiro atoms. The van der Waals surface area contributed by atoms with Crippen LogP contribution in [0, 0.1) is 16.6 Å². The Morgan fingerprint density at radius 3 is 2.14 bits per heavy atom. The number of cyclic esters (lactones) is 1. The zero-order chi connectivity index (χ0) is 16.0. The molecular formula is C16H17FO4. The summed E-state index contributed by atoms with van der Waals surface area (Å²) in [6.07, 6.45) is -1.20. The van der Waals surface area contributed by atoms with Crippen LogP contribution in [0.2, 0.25) is 0 Å². The molecule has 5 heteroatoms. The SMILES string of the molecule is CC1(C)C(=O)O[C@H](C(=O)c2ccc(F)cc2)C(C)(C)C1=O. The van der Waals surface area contributed by atoms with Crippen molar-refractivity contribution in [3.8, 4) is 0 Å². The summed E-state index contributed by atoms with van der Waals surface area (Å²) in [5, 5.41) is 0. The van der Waals surface area contributed by atoms with Crippen LogP contribution < -0.4 is 0 Å². The lowest BCUT2D eigenvalue weighted by Gasteiger charge is -2.42. The summed E-state index contributed by atoms with van der Waals surface area (Å²) in [7, 11) is 0. The number of rotatable bonds is 2. The van der Waals surface area contributed by atoms with Crippen molar-refractivity contribution < 1.29 is 23.5 Å². The molecule has 4 nitrogen and oxygen atoms in total. The van der Waals surface area contributed by atoms with Crippen LogP contribution in [0.3, 0.4) is 0 Å². The van der Waals surface area contributed by atoms with Gasteiger partial charge >= 0.3 is 5.97 Å². The number of carbonyl (C=O) groups is 3. The summed E-state index contributed by atoms with van der Waals surface area (Å²) in [6, 6.07) is 4.92. The van der Waals surface area contributed by atoms with Crippen molar-refractivity contribution in [2.75, 3.05) is 0 Å². The lowest BCUT2D eigenvalue weighted by atomic mass is 9.67. The van der Waals surface area contributed by atoms with E-state index in [1.165, 1.54) is 26.0 Å². The van der Waals surface area contributed by atoms with Crippen molar-refractivity contribution in [3.05, 3.63) is 35.6 Å². The second-order valence-corrected chi connectivity index (χ2v) is 6.33. The van der Waals surface area contributed by atoms with E-state index in [2.05, 4.69) is 0 Å². The molecular weight excluding hydrogens is 275 g/mol. The van der Waals surface area contributed by atoms with E-state index in [9.17, 15) is 18.8 Å². The fourth-order valence-corrected chi connectivity index (χ4v) is 2.57. The molecule has 1 fully saturated rings. The van der Waals surface area contributed by atoms with Gasteiger partial charge in [0.1, 0.15) is 11.2 Å².